The molecule has 0 aliphatic rings. The first-order valence-corrected chi connectivity index (χ1v) is 12.0. The van der Waals surface area contributed by atoms with Crippen molar-refractivity contribution in [2.45, 2.75) is 31.8 Å². The fraction of sp³-hybridized carbons (Fsp3) is 0.241. The molecule has 0 atom stereocenters. The zero-order valence-corrected chi connectivity index (χ0v) is 20.7. The van der Waals surface area contributed by atoms with E-state index in [1.165, 1.54) is 48.6 Å². The highest BCUT2D eigenvalue weighted by Gasteiger charge is 2.34. The minimum Gasteiger partial charge on any atom is -0.493 e. The molecule has 0 fully saturated rings. The fourth-order valence-electron chi connectivity index (χ4n) is 3.46. The standard InChI is InChI=1S/C29H29F2N3O4/c30-29(31,23-9-14-25(15-10-23)36-19-3-17-32)38-26-12-5-21(6-13-26)7-16-28(35)37-18-2-1-4-22-8-11-24(33)20-27(22)34/h5-16,20H,1-4,18-19,33-34H2/b16-7+. The van der Waals surface area contributed by atoms with E-state index in [9.17, 15) is 13.6 Å². The molecule has 0 spiro atoms. The Kier molecular flexibility index (Phi) is 10.1. The normalized spacial score (nSPS) is 11.2. The van der Waals surface area contributed by atoms with Crippen LogP contribution in [0, 0.1) is 11.3 Å². The number of halogens is 2. The van der Waals surface area contributed by atoms with Crippen LogP contribution in [0.15, 0.2) is 72.8 Å². The molecule has 0 aliphatic heterocycles. The first-order chi connectivity index (χ1) is 18.3. The summed E-state index contributed by atoms with van der Waals surface area (Å²) >= 11 is 0. The summed E-state index contributed by atoms with van der Waals surface area (Å²) in [4.78, 5) is 12.0. The second kappa shape index (κ2) is 13.7. The van der Waals surface area contributed by atoms with Crippen molar-refractivity contribution in [1.29, 1.82) is 5.26 Å². The van der Waals surface area contributed by atoms with Gasteiger partial charge in [-0.15, -0.1) is 0 Å². The summed E-state index contributed by atoms with van der Waals surface area (Å²) in [6.45, 7) is 0.454. The first-order valence-electron chi connectivity index (χ1n) is 12.0. The van der Waals surface area contributed by atoms with Crippen LogP contribution in [-0.4, -0.2) is 19.2 Å². The van der Waals surface area contributed by atoms with E-state index in [2.05, 4.69) is 0 Å². The molecule has 0 heterocycles. The molecule has 3 aromatic rings. The molecule has 0 aromatic heterocycles. The van der Waals surface area contributed by atoms with E-state index in [-0.39, 0.29) is 30.9 Å². The zero-order chi connectivity index (χ0) is 27.4. The van der Waals surface area contributed by atoms with Gasteiger partial charge in [0.15, 0.2) is 0 Å². The maximum atomic E-state index is 14.5. The highest BCUT2D eigenvalue weighted by molar-refractivity contribution is 5.87. The molecular formula is C29H29F2N3O4. The number of anilines is 2. The predicted molar refractivity (Wildman–Crippen MR) is 141 cm³/mol. The summed E-state index contributed by atoms with van der Waals surface area (Å²) in [6, 6.07) is 18.4. The van der Waals surface area contributed by atoms with E-state index < -0.39 is 12.1 Å². The number of aryl methyl sites for hydroxylation is 1. The molecule has 0 unspecified atom stereocenters. The lowest BCUT2D eigenvalue weighted by atomic mass is 10.1. The number of nitrogen functional groups attached to an aromatic ring is 2. The third-order valence-electron chi connectivity index (χ3n) is 5.47. The van der Waals surface area contributed by atoms with Crippen LogP contribution in [0.4, 0.5) is 20.2 Å². The van der Waals surface area contributed by atoms with Crippen molar-refractivity contribution < 1.29 is 27.8 Å². The van der Waals surface area contributed by atoms with Gasteiger partial charge in [0.25, 0.3) is 0 Å². The Bertz CT molecular complexity index is 1270. The number of alkyl halides is 2. The van der Waals surface area contributed by atoms with E-state index >= 15 is 0 Å². The van der Waals surface area contributed by atoms with E-state index in [4.69, 9.17) is 30.9 Å². The minimum atomic E-state index is -3.56. The molecule has 3 rings (SSSR count). The van der Waals surface area contributed by atoms with Crippen LogP contribution in [0.3, 0.4) is 0 Å². The second-order valence-corrected chi connectivity index (χ2v) is 8.39. The molecule has 0 aliphatic carbocycles. The molecule has 9 heteroatoms. The zero-order valence-electron chi connectivity index (χ0n) is 20.7. The Labute approximate surface area is 220 Å². The van der Waals surface area contributed by atoms with Gasteiger partial charge in [0.05, 0.1) is 24.7 Å². The van der Waals surface area contributed by atoms with Crippen LogP contribution in [0.25, 0.3) is 6.08 Å². The number of nitrogens with zero attached hydrogens (tertiary/aromatic N) is 1. The Balaban J connectivity index is 1.42. The SMILES string of the molecule is N#CCCOc1ccc(C(F)(F)Oc2ccc(/C=C/C(=O)OCCCCc3ccc(N)cc3N)cc2)cc1. The molecule has 0 saturated heterocycles. The maximum absolute atomic E-state index is 14.5. The number of esters is 1. The number of hydrogen-bond donors (Lipinski definition) is 2. The maximum Gasteiger partial charge on any atom is 0.426 e. The highest BCUT2D eigenvalue weighted by Crippen LogP contribution is 2.32. The predicted octanol–water partition coefficient (Wildman–Crippen LogP) is 5.85. The third kappa shape index (κ3) is 8.82. The Hall–Kier alpha value is -4.58. The number of carbonyl (C=O) groups excluding carboxylic acids is 1. The number of carbonyl (C=O) groups is 1. The number of unbranched alkanes of at least 4 members (excludes halogenated alkanes) is 1. The van der Waals surface area contributed by atoms with Crippen molar-refractivity contribution >= 4 is 23.4 Å². The molecule has 0 saturated carbocycles. The lowest BCUT2D eigenvalue weighted by Crippen LogP contribution is -2.21. The summed E-state index contributed by atoms with van der Waals surface area (Å²) in [7, 11) is 0. The summed E-state index contributed by atoms with van der Waals surface area (Å²) < 4.78 is 44.5. The van der Waals surface area contributed by atoms with Crippen LogP contribution < -0.4 is 20.9 Å². The van der Waals surface area contributed by atoms with Crippen LogP contribution in [0.5, 0.6) is 11.5 Å². The Morgan fingerprint density at radius 3 is 2.34 bits per heavy atom. The topological polar surface area (TPSA) is 121 Å². The lowest BCUT2D eigenvalue weighted by molar-refractivity contribution is -0.185. The number of rotatable bonds is 13. The summed E-state index contributed by atoms with van der Waals surface area (Å²) in [5, 5.41) is 8.52. The van der Waals surface area contributed by atoms with Crippen molar-refractivity contribution in [3.63, 3.8) is 0 Å². The number of benzene rings is 3. The smallest absolute Gasteiger partial charge is 0.426 e. The lowest BCUT2D eigenvalue weighted by Gasteiger charge is -2.18. The molecule has 7 nitrogen and oxygen atoms in total. The van der Waals surface area contributed by atoms with Crippen LogP contribution in [0.2, 0.25) is 0 Å². The molecule has 4 N–H and O–H groups in total. The van der Waals surface area contributed by atoms with E-state index in [0.717, 1.165) is 18.4 Å². The van der Waals surface area contributed by atoms with Gasteiger partial charge in [0, 0.05) is 17.5 Å². The van der Waals surface area contributed by atoms with Gasteiger partial charge >= 0.3 is 12.1 Å². The quantitative estimate of drug-likeness (QED) is 0.125. The number of nitrogens with two attached hydrogens (primary N) is 2. The molecule has 38 heavy (non-hydrogen) atoms. The van der Waals surface area contributed by atoms with Gasteiger partial charge in [0.1, 0.15) is 18.1 Å². The second-order valence-electron chi connectivity index (χ2n) is 8.39. The number of hydrogen-bond acceptors (Lipinski definition) is 7. The first kappa shape index (κ1) is 28.0. The Morgan fingerprint density at radius 2 is 1.66 bits per heavy atom. The van der Waals surface area contributed by atoms with Gasteiger partial charge in [0.2, 0.25) is 0 Å². The van der Waals surface area contributed by atoms with E-state index in [1.807, 2.05) is 12.1 Å². The molecular weight excluding hydrogens is 492 g/mol. The Morgan fingerprint density at radius 1 is 0.947 bits per heavy atom. The molecule has 0 radical (unpaired) electrons. The third-order valence-corrected chi connectivity index (χ3v) is 5.47. The molecule has 0 amide bonds. The van der Waals surface area contributed by atoms with E-state index in [1.54, 1.807) is 24.3 Å². The van der Waals surface area contributed by atoms with Crippen molar-refractivity contribution in [3.8, 4) is 17.6 Å². The van der Waals surface area contributed by atoms with Gasteiger partial charge in [-0.25, -0.2) is 4.79 Å². The van der Waals surface area contributed by atoms with Gasteiger partial charge in [-0.2, -0.15) is 14.0 Å². The van der Waals surface area contributed by atoms with Crippen molar-refractivity contribution in [2.75, 3.05) is 24.7 Å². The summed E-state index contributed by atoms with van der Waals surface area (Å²) in [5.41, 5.74) is 14.2. The summed E-state index contributed by atoms with van der Waals surface area (Å²) in [5.74, 6) is -0.146. The number of ether oxygens (including phenoxy) is 3. The van der Waals surface area contributed by atoms with Crippen LogP contribution >= 0.6 is 0 Å². The average Bonchev–Trinajstić information content (AvgIpc) is 2.89. The molecule has 0 bridgehead atoms. The minimum absolute atomic E-state index is 0.0363. The monoisotopic (exact) mass is 521 g/mol. The van der Waals surface area contributed by atoms with Crippen molar-refractivity contribution in [3.05, 3.63) is 89.5 Å². The van der Waals surface area contributed by atoms with Gasteiger partial charge in [-0.3, -0.25) is 0 Å². The van der Waals surface area contributed by atoms with Crippen molar-refractivity contribution in [2.24, 2.45) is 0 Å². The average molecular weight is 522 g/mol. The number of nitriles is 1. The van der Waals surface area contributed by atoms with Gasteiger partial charge < -0.3 is 25.7 Å². The molecule has 3 aromatic carbocycles. The molecule has 198 valence electrons. The van der Waals surface area contributed by atoms with Crippen LogP contribution in [-0.2, 0) is 22.1 Å². The van der Waals surface area contributed by atoms with E-state index in [0.29, 0.717) is 29.1 Å². The van der Waals surface area contributed by atoms with Crippen LogP contribution in [0.1, 0.15) is 36.0 Å². The largest absolute Gasteiger partial charge is 0.493 e. The highest BCUT2D eigenvalue weighted by atomic mass is 19.3. The fourth-order valence-corrected chi connectivity index (χ4v) is 3.46. The van der Waals surface area contributed by atoms with Gasteiger partial charge in [-0.1, -0.05) is 18.2 Å². The van der Waals surface area contributed by atoms with Gasteiger partial charge in [-0.05, 0) is 85.0 Å². The summed E-state index contributed by atoms with van der Waals surface area (Å²) in [6.07, 6.45) is 1.70. The van der Waals surface area contributed by atoms with Crippen molar-refractivity contribution in [1.82, 2.24) is 0 Å².